The highest BCUT2D eigenvalue weighted by Gasteiger charge is 2.23. The third-order valence-corrected chi connectivity index (χ3v) is 7.18. The number of nitrogens with zero attached hydrogens (tertiary/aromatic N) is 4. The van der Waals surface area contributed by atoms with Crippen LogP contribution in [0.15, 0.2) is 36.4 Å². The maximum atomic E-state index is 5.52. The van der Waals surface area contributed by atoms with Crippen LogP contribution in [0.4, 0.5) is 11.8 Å². The van der Waals surface area contributed by atoms with Gasteiger partial charge in [0.15, 0.2) is 17.3 Å². The summed E-state index contributed by atoms with van der Waals surface area (Å²) in [7, 11) is 3.32. The molecule has 2 aromatic carbocycles. The van der Waals surface area contributed by atoms with E-state index in [-0.39, 0.29) is 0 Å². The Bertz CT molecular complexity index is 1360. The first-order valence-electron chi connectivity index (χ1n) is 12.5. The van der Waals surface area contributed by atoms with Crippen molar-refractivity contribution in [1.82, 2.24) is 20.3 Å². The highest BCUT2D eigenvalue weighted by Crippen LogP contribution is 2.37. The lowest BCUT2D eigenvalue weighted by Gasteiger charge is -2.31. The average Bonchev–Trinajstić information content (AvgIpc) is 3.31. The van der Waals surface area contributed by atoms with Gasteiger partial charge in [0, 0.05) is 50.2 Å². The molecule has 6 rings (SSSR count). The van der Waals surface area contributed by atoms with Crippen LogP contribution in [0.3, 0.4) is 0 Å². The van der Waals surface area contributed by atoms with Crippen LogP contribution in [0, 0.1) is 0 Å². The molecule has 0 amide bonds. The highest BCUT2D eigenvalue weighted by molar-refractivity contribution is 6.09. The van der Waals surface area contributed by atoms with Gasteiger partial charge in [-0.05, 0) is 48.6 Å². The van der Waals surface area contributed by atoms with Gasteiger partial charge >= 0.3 is 0 Å². The Kier molecular flexibility index (Phi) is 5.82. The minimum Gasteiger partial charge on any atom is -0.493 e. The number of benzene rings is 2. The number of aromatic amines is 1. The molecule has 35 heavy (non-hydrogen) atoms. The van der Waals surface area contributed by atoms with Gasteiger partial charge in [-0.2, -0.15) is 4.98 Å². The molecule has 0 radical (unpaired) electrons. The van der Waals surface area contributed by atoms with Crippen molar-refractivity contribution in [2.75, 3.05) is 63.3 Å². The first-order valence-corrected chi connectivity index (χ1v) is 12.5. The van der Waals surface area contributed by atoms with Gasteiger partial charge in [0.1, 0.15) is 11.0 Å². The zero-order valence-corrected chi connectivity index (χ0v) is 20.4. The van der Waals surface area contributed by atoms with E-state index >= 15 is 0 Å². The lowest BCUT2D eigenvalue weighted by molar-refractivity contribution is 0.355. The predicted octanol–water partition coefficient (Wildman–Crippen LogP) is 4.20. The van der Waals surface area contributed by atoms with Crippen molar-refractivity contribution in [3.63, 3.8) is 0 Å². The molecule has 0 aliphatic carbocycles. The summed E-state index contributed by atoms with van der Waals surface area (Å²) >= 11 is 0. The Morgan fingerprint density at radius 3 is 2.29 bits per heavy atom. The fourth-order valence-electron chi connectivity index (χ4n) is 5.27. The molecule has 0 bridgehead atoms. The number of methoxy groups -OCH3 is 2. The molecule has 2 fully saturated rings. The summed E-state index contributed by atoms with van der Waals surface area (Å²) in [5, 5.41) is 4.56. The van der Waals surface area contributed by atoms with Crippen LogP contribution in [0.2, 0.25) is 0 Å². The van der Waals surface area contributed by atoms with Crippen molar-refractivity contribution in [1.29, 1.82) is 0 Å². The summed E-state index contributed by atoms with van der Waals surface area (Å²) in [6, 6.07) is 12.6. The SMILES string of the molecule is COc1ccc(-c2ccc3c(c2)[nH]c2c(N4CCCCC4)nc(N4CCNCC4)nc23)cc1OC. The normalized spacial score (nSPS) is 16.7. The molecule has 2 aromatic heterocycles. The third kappa shape index (κ3) is 4.01. The Hall–Kier alpha value is -3.52. The minimum atomic E-state index is 0.723. The van der Waals surface area contributed by atoms with E-state index in [1.165, 1.54) is 19.3 Å². The zero-order chi connectivity index (χ0) is 23.8. The third-order valence-electron chi connectivity index (χ3n) is 7.18. The summed E-state index contributed by atoms with van der Waals surface area (Å²) in [5.41, 5.74) is 5.29. The van der Waals surface area contributed by atoms with Crippen LogP contribution in [-0.4, -0.2) is 68.4 Å². The maximum Gasteiger partial charge on any atom is 0.228 e. The zero-order valence-electron chi connectivity index (χ0n) is 20.4. The molecule has 4 heterocycles. The van der Waals surface area contributed by atoms with Crippen LogP contribution in [0.25, 0.3) is 33.1 Å². The molecule has 2 N–H and O–H groups in total. The fourth-order valence-corrected chi connectivity index (χ4v) is 5.27. The molecule has 0 unspecified atom stereocenters. The first kappa shape index (κ1) is 22.0. The monoisotopic (exact) mass is 472 g/mol. The van der Waals surface area contributed by atoms with Crippen molar-refractivity contribution in [3.8, 4) is 22.6 Å². The topological polar surface area (TPSA) is 78.5 Å². The second-order valence-electron chi connectivity index (χ2n) is 9.31. The van der Waals surface area contributed by atoms with Crippen LogP contribution in [0.5, 0.6) is 11.5 Å². The molecule has 4 aromatic rings. The number of ether oxygens (including phenoxy) is 2. The van der Waals surface area contributed by atoms with Gasteiger partial charge in [0.25, 0.3) is 0 Å². The fraction of sp³-hybridized carbons (Fsp3) is 0.407. The average molecular weight is 473 g/mol. The van der Waals surface area contributed by atoms with Gasteiger partial charge in [-0.15, -0.1) is 0 Å². The number of H-pyrrole nitrogens is 1. The summed E-state index contributed by atoms with van der Waals surface area (Å²) in [5.74, 6) is 3.32. The largest absolute Gasteiger partial charge is 0.493 e. The number of hydrogen-bond donors (Lipinski definition) is 2. The van der Waals surface area contributed by atoms with E-state index in [1.807, 2.05) is 12.1 Å². The Labute approximate surface area is 205 Å². The second kappa shape index (κ2) is 9.26. The van der Waals surface area contributed by atoms with Crippen LogP contribution in [0.1, 0.15) is 19.3 Å². The molecule has 2 saturated heterocycles. The Balaban J connectivity index is 1.48. The molecular weight excluding hydrogens is 440 g/mol. The number of anilines is 2. The van der Waals surface area contributed by atoms with Crippen LogP contribution < -0.4 is 24.6 Å². The van der Waals surface area contributed by atoms with Gasteiger partial charge in [-0.1, -0.05) is 18.2 Å². The maximum absolute atomic E-state index is 5.52. The summed E-state index contributed by atoms with van der Waals surface area (Å²) in [4.78, 5) is 18.6. The predicted molar refractivity (Wildman–Crippen MR) is 141 cm³/mol. The lowest BCUT2D eigenvalue weighted by atomic mass is 10.0. The Morgan fingerprint density at radius 1 is 0.771 bits per heavy atom. The van der Waals surface area contributed by atoms with E-state index in [0.717, 1.165) is 95.6 Å². The molecule has 0 saturated carbocycles. The van der Waals surface area contributed by atoms with E-state index < -0.39 is 0 Å². The second-order valence-corrected chi connectivity index (χ2v) is 9.31. The van der Waals surface area contributed by atoms with E-state index in [4.69, 9.17) is 19.4 Å². The number of fused-ring (bicyclic) bond motifs is 3. The highest BCUT2D eigenvalue weighted by atomic mass is 16.5. The van der Waals surface area contributed by atoms with Gasteiger partial charge in [-0.25, -0.2) is 4.98 Å². The van der Waals surface area contributed by atoms with Crippen molar-refractivity contribution < 1.29 is 9.47 Å². The molecule has 8 nitrogen and oxygen atoms in total. The summed E-state index contributed by atoms with van der Waals surface area (Å²) < 4.78 is 10.9. The molecule has 2 aliphatic rings. The number of nitrogens with one attached hydrogen (secondary N) is 2. The van der Waals surface area contributed by atoms with Crippen molar-refractivity contribution in [2.45, 2.75) is 19.3 Å². The minimum absolute atomic E-state index is 0.723. The Morgan fingerprint density at radius 2 is 1.51 bits per heavy atom. The van der Waals surface area contributed by atoms with Gasteiger partial charge in [-0.3, -0.25) is 0 Å². The van der Waals surface area contributed by atoms with Crippen molar-refractivity contribution in [2.24, 2.45) is 0 Å². The van der Waals surface area contributed by atoms with Gasteiger partial charge in [0.2, 0.25) is 5.95 Å². The van der Waals surface area contributed by atoms with E-state index in [1.54, 1.807) is 14.2 Å². The van der Waals surface area contributed by atoms with E-state index in [2.05, 4.69) is 44.4 Å². The van der Waals surface area contributed by atoms with E-state index in [0.29, 0.717) is 0 Å². The number of aromatic nitrogens is 3. The van der Waals surface area contributed by atoms with Gasteiger partial charge in [0.05, 0.1) is 14.2 Å². The molecule has 182 valence electrons. The smallest absolute Gasteiger partial charge is 0.228 e. The number of rotatable bonds is 5. The number of piperazine rings is 1. The summed E-state index contributed by atoms with van der Waals surface area (Å²) in [6.45, 7) is 5.86. The lowest BCUT2D eigenvalue weighted by Crippen LogP contribution is -2.44. The molecule has 0 atom stereocenters. The van der Waals surface area contributed by atoms with Crippen LogP contribution >= 0.6 is 0 Å². The van der Waals surface area contributed by atoms with E-state index in [9.17, 15) is 0 Å². The number of piperidine rings is 1. The molecule has 0 spiro atoms. The number of hydrogen-bond acceptors (Lipinski definition) is 7. The standard InChI is InChI=1S/C27H32N6O2/c1-34-22-9-7-19(17-23(22)35-2)18-6-8-20-21(16-18)29-25-24(20)30-27(33-14-10-28-11-15-33)31-26(25)32-12-4-3-5-13-32/h6-9,16-17,28-29H,3-5,10-15H2,1-2H3. The molecular formula is C27H32N6O2. The summed E-state index contributed by atoms with van der Waals surface area (Å²) in [6.07, 6.45) is 3.70. The van der Waals surface area contributed by atoms with Gasteiger partial charge < -0.3 is 29.6 Å². The van der Waals surface area contributed by atoms with Crippen molar-refractivity contribution >= 4 is 33.7 Å². The first-order chi connectivity index (χ1) is 17.2. The molecule has 8 heteroatoms. The van der Waals surface area contributed by atoms with Crippen LogP contribution in [-0.2, 0) is 0 Å². The van der Waals surface area contributed by atoms with Crippen molar-refractivity contribution in [3.05, 3.63) is 36.4 Å². The quantitative estimate of drug-likeness (QED) is 0.451. The molecule has 2 aliphatic heterocycles.